The third-order valence-corrected chi connectivity index (χ3v) is 4.29. The van der Waals surface area contributed by atoms with E-state index in [1.807, 2.05) is 43.3 Å². The van der Waals surface area contributed by atoms with Gasteiger partial charge in [0.15, 0.2) is 5.11 Å². The summed E-state index contributed by atoms with van der Waals surface area (Å²) in [7, 11) is 0. The number of thiophene rings is 1. The molecule has 0 saturated carbocycles. The van der Waals surface area contributed by atoms with E-state index in [0.717, 1.165) is 16.1 Å². The quantitative estimate of drug-likeness (QED) is 0.645. The van der Waals surface area contributed by atoms with Gasteiger partial charge in [-0.3, -0.25) is 0 Å². The van der Waals surface area contributed by atoms with Crippen molar-refractivity contribution in [3.63, 3.8) is 0 Å². The van der Waals surface area contributed by atoms with E-state index in [4.69, 9.17) is 17.0 Å². The van der Waals surface area contributed by atoms with Crippen LogP contribution in [0.15, 0.2) is 36.4 Å². The number of hydrogen-bond acceptors (Lipinski definition) is 4. The molecule has 1 aromatic heterocycles. The molecule has 0 aliphatic carbocycles. The Morgan fingerprint density at radius 3 is 2.73 bits per heavy atom. The number of benzene rings is 1. The Morgan fingerprint density at radius 1 is 1.32 bits per heavy atom. The molecule has 0 unspecified atom stereocenters. The van der Waals surface area contributed by atoms with Crippen molar-refractivity contribution in [1.82, 2.24) is 5.32 Å². The summed E-state index contributed by atoms with van der Waals surface area (Å²) in [6, 6.07) is 11.9. The third-order valence-electron chi connectivity index (χ3n) is 2.91. The fraction of sp³-hybridized carbons (Fsp3) is 0.250. The second-order valence-corrected chi connectivity index (χ2v) is 6.10. The van der Waals surface area contributed by atoms with Crippen LogP contribution in [0, 0.1) is 6.92 Å². The monoisotopic (exact) mass is 334 g/mol. The second-order valence-electron chi connectivity index (χ2n) is 4.64. The molecule has 0 aliphatic heterocycles. The number of carbonyl (C=O) groups excluding carboxylic acids is 1. The Kier molecular flexibility index (Phi) is 5.91. The number of thiocarbonyl (C=S) groups is 1. The van der Waals surface area contributed by atoms with Gasteiger partial charge in [-0.1, -0.05) is 30.3 Å². The van der Waals surface area contributed by atoms with Crippen LogP contribution in [0.25, 0.3) is 0 Å². The van der Waals surface area contributed by atoms with Gasteiger partial charge >= 0.3 is 5.97 Å². The molecule has 2 rings (SSSR count). The molecule has 1 aromatic carbocycles. The Bertz CT molecular complexity index is 653. The Labute approximate surface area is 139 Å². The summed E-state index contributed by atoms with van der Waals surface area (Å²) in [6.07, 6.45) is 0. The van der Waals surface area contributed by atoms with Crippen LogP contribution < -0.4 is 10.6 Å². The van der Waals surface area contributed by atoms with Crippen LogP contribution in [0.5, 0.6) is 0 Å². The molecule has 0 spiro atoms. The SMILES string of the molecule is CCOC(=O)c1sc(NC(=S)NCc2ccccc2)cc1C. The minimum atomic E-state index is -0.291. The van der Waals surface area contributed by atoms with Gasteiger partial charge in [0.2, 0.25) is 0 Å². The van der Waals surface area contributed by atoms with Gasteiger partial charge in [-0.15, -0.1) is 11.3 Å². The molecule has 2 N–H and O–H groups in total. The highest BCUT2D eigenvalue weighted by Gasteiger charge is 2.15. The standard InChI is InChI=1S/C16H18N2O2S2/c1-3-20-15(19)14-11(2)9-13(22-14)18-16(21)17-10-12-7-5-4-6-8-12/h4-9H,3,10H2,1-2H3,(H2,17,18,21). The van der Waals surface area contributed by atoms with Gasteiger partial charge < -0.3 is 15.4 Å². The number of anilines is 1. The summed E-state index contributed by atoms with van der Waals surface area (Å²) in [4.78, 5) is 12.4. The molecule has 0 bridgehead atoms. The lowest BCUT2D eigenvalue weighted by Gasteiger charge is -2.08. The van der Waals surface area contributed by atoms with Crippen LogP contribution in [-0.2, 0) is 11.3 Å². The largest absolute Gasteiger partial charge is 0.462 e. The van der Waals surface area contributed by atoms with E-state index in [0.29, 0.717) is 23.1 Å². The summed E-state index contributed by atoms with van der Waals surface area (Å²) in [6.45, 7) is 4.70. The van der Waals surface area contributed by atoms with Gasteiger partial charge in [0.05, 0.1) is 11.6 Å². The van der Waals surface area contributed by atoms with Gasteiger partial charge in [0.25, 0.3) is 0 Å². The van der Waals surface area contributed by atoms with Crippen LogP contribution in [-0.4, -0.2) is 17.7 Å². The fourth-order valence-corrected chi connectivity index (χ4v) is 3.09. The van der Waals surface area contributed by atoms with Crippen LogP contribution >= 0.6 is 23.6 Å². The molecule has 0 saturated heterocycles. The molecule has 0 atom stereocenters. The molecule has 2 aromatic rings. The summed E-state index contributed by atoms with van der Waals surface area (Å²) < 4.78 is 5.03. The number of carbonyl (C=O) groups is 1. The first-order valence-corrected chi connectivity index (χ1v) is 8.19. The number of ether oxygens (including phenoxy) is 1. The van der Waals surface area contributed by atoms with E-state index in [1.165, 1.54) is 11.3 Å². The van der Waals surface area contributed by atoms with Crippen molar-refractivity contribution in [2.24, 2.45) is 0 Å². The third kappa shape index (κ3) is 4.54. The van der Waals surface area contributed by atoms with Crippen molar-refractivity contribution >= 4 is 39.6 Å². The predicted octanol–water partition coefficient (Wildman–Crippen LogP) is 3.72. The first-order chi connectivity index (χ1) is 10.6. The topological polar surface area (TPSA) is 50.4 Å². The molecule has 0 aliphatic rings. The highest BCUT2D eigenvalue weighted by atomic mass is 32.1. The van der Waals surface area contributed by atoms with Crippen LogP contribution in [0.2, 0.25) is 0 Å². The summed E-state index contributed by atoms with van der Waals surface area (Å²) in [5.41, 5.74) is 2.04. The Hall–Kier alpha value is -1.92. The van der Waals surface area contributed by atoms with Crippen LogP contribution in [0.3, 0.4) is 0 Å². The zero-order valence-corrected chi connectivity index (χ0v) is 14.1. The Balaban J connectivity index is 1.92. The average molecular weight is 334 g/mol. The van der Waals surface area contributed by atoms with Gasteiger partial charge in [-0.25, -0.2) is 4.79 Å². The van der Waals surface area contributed by atoms with Crippen molar-refractivity contribution < 1.29 is 9.53 Å². The van der Waals surface area contributed by atoms with E-state index in [-0.39, 0.29) is 5.97 Å². The number of esters is 1. The Morgan fingerprint density at radius 2 is 2.05 bits per heavy atom. The first-order valence-electron chi connectivity index (χ1n) is 6.96. The zero-order chi connectivity index (χ0) is 15.9. The fourth-order valence-electron chi connectivity index (χ4n) is 1.88. The molecule has 0 radical (unpaired) electrons. The maximum Gasteiger partial charge on any atom is 0.348 e. The molecule has 1 heterocycles. The van der Waals surface area contributed by atoms with Gasteiger partial charge in [-0.05, 0) is 43.3 Å². The smallest absolute Gasteiger partial charge is 0.348 e. The number of rotatable bonds is 5. The van der Waals surface area contributed by atoms with Crippen molar-refractivity contribution in [3.8, 4) is 0 Å². The highest BCUT2D eigenvalue weighted by Crippen LogP contribution is 2.27. The minimum Gasteiger partial charge on any atom is -0.462 e. The maximum absolute atomic E-state index is 11.8. The second kappa shape index (κ2) is 7.91. The first kappa shape index (κ1) is 16.5. The van der Waals surface area contributed by atoms with Gasteiger partial charge in [0, 0.05) is 6.54 Å². The normalized spacial score (nSPS) is 10.1. The predicted molar refractivity (Wildman–Crippen MR) is 94.5 cm³/mol. The van der Waals surface area contributed by atoms with Crippen LogP contribution in [0.1, 0.15) is 27.7 Å². The zero-order valence-electron chi connectivity index (χ0n) is 12.5. The molecule has 4 nitrogen and oxygen atoms in total. The molecular formula is C16H18N2O2S2. The molecule has 0 fully saturated rings. The van der Waals surface area contributed by atoms with E-state index < -0.39 is 0 Å². The van der Waals surface area contributed by atoms with Crippen molar-refractivity contribution in [2.45, 2.75) is 20.4 Å². The minimum absolute atomic E-state index is 0.291. The van der Waals surface area contributed by atoms with Gasteiger partial charge in [0.1, 0.15) is 4.88 Å². The summed E-state index contributed by atoms with van der Waals surface area (Å²) >= 11 is 6.62. The molecule has 0 amide bonds. The number of nitrogens with one attached hydrogen (secondary N) is 2. The number of aryl methyl sites for hydroxylation is 1. The van der Waals surface area contributed by atoms with E-state index in [1.54, 1.807) is 6.92 Å². The lowest BCUT2D eigenvalue weighted by molar-refractivity contribution is 0.0531. The summed E-state index contributed by atoms with van der Waals surface area (Å²) in [5.74, 6) is -0.291. The molecule has 6 heteroatoms. The van der Waals surface area contributed by atoms with E-state index in [2.05, 4.69) is 10.6 Å². The van der Waals surface area contributed by atoms with Crippen molar-refractivity contribution in [3.05, 3.63) is 52.4 Å². The van der Waals surface area contributed by atoms with E-state index in [9.17, 15) is 4.79 Å². The van der Waals surface area contributed by atoms with Crippen molar-refractivity contribution in [1.29, 1.82) is 0 Å². The average Bonchev–Trinajstić information content (AvgIpc) is 2.87. The lowest BCUT2D eigenvalue weighted by atomic mass is 10.2. The molecule has 22 heavy (non-hydrogen) atoms. The maximum atomic E-state index is 11.8. The van der Waals surface area contributed by atoms with Crippen LogP contribution in [0.4, 0.5) is 5.00 Å². The van der Waals surface area contributed by atoms with Gasteiger partial charge in [-0.2, -0.15) is 0 Å². The number of hydrogen-bond donors (Lipinski definition) is 2. The molecule has 116 valence electrons. The lowest BCUT2D eigenvalue weighted by Crippen LogP contribution is -2.27. The van der Waals surface area contributed by atoms with E-state index >= 15 is 0 Å². The molecular weight excluding hydrogens is 316 g/mol. The van der Waals surface area contributed by atoms with Crippen molar-refractivity contribution in [2.75, 3.05) is 11.9 Å². The summed E-state index contributed by atoms with van der Waals surface area (Å²) in [5, 5.41) is 7.60. The highest BCUT2D eigenvalue weighted by molar-refractivity contribution is 7.80.